The quantitative estimate of drug-likeness (QED) is 0.252. The number of carboxylic acid groups (broad SMARTS) is 1. The third kappa shape index (κ3) is 7.80. The van der Waals surface area contributed by atoms with E-state index in [0.29, 0.717) is 18.4 Å². The predicted molar refractivity (Wildman–Crippen MR) is 144 cm³/mol. The maximum atomic E-state index is 12.8. The third-order valence-electron chi connectivity index (χ3n) is 6.83. The van der Waals surface area contributed by atoms with E-state index in [4.69, 9.17) is 5.11 Å². The number of benzene rings is 2. The number of unbranched alkanes of at least 4 members (excludes halogenated alkanes) is 3. The van der Waals surface area contributed by atoms with Gasteiger partial charge in [0.25, 0.3) is 5.91 Å². The Hall–Kier alpha value is -3.41. The molecule has 0 aromatic heterocycles. The van der Waals surface area contributed by atoms with Crippen molar-refractivity contribution in [3.63, 3.8) is 0 Å². The number of aliphatic carboxylic acids is 1. The number of allylic oxidation sites excluding steroid dienone is 1. The van der Waals surface area contributed by atoms with Gasteiger partial charge in [-0.05, 0) is 86.6 Å². The van der Waals surface area contributed by atoms with Gasteiger partial charge in [-0.3, -0.25) is 14.4 Å². The van der Waals surface area contributed by atoms with Gasteiger partial charge in [0.15, 0.2) is 5.78 Å². The number of hydrogen-bond donors (Lipinski definition) is 2. The molecular formula is C30H38N2O4. The molecule has 1 unspecified atom stereocenters. The lowest BCUT2D eigenvalue weighted by Gasteiger charge is -2.21. The van der Waals surface area contributed by atoms with E-state index in [1.807, 2.05) is 36.4 Å². The van der Waals surface area contributed by atoms with E-state index in [-0.39, 0.29) is 24.2 Å². The SMILES string of the molecule is CCN(CC)c1ccc(C(=O)NC2CCc3cc(/C=C/C(=O)CCCCCCC(=O)O)ccc32)cc1. The van der Waals surface area contributed by atoms with Crippen molar-refractivity contribution in [2.24, 2.45) is 0 Å². The smallest absolute Gasteiger partial charge is 0.303 e. The Bertz CT molecular complexity index is 1070. The molecule has 1 amide bonds. The number of carbonyl (C=O) groups is 3. The van der Waals surface area contributed by atoms with Crippen LogP contribution in [0.15, 0.2) is 48.5 Å². The topological polar surface area (TPSA) is 86.7 Å². The Morgan fingerprint density at radius 1 is 0.972 bits per heavy atom. The second kappa shape index (κ2) is 13.6. The number of ketones is 1. The number of hydrogen-bond acceptors (Lipinski definition) is 4. The molecule has 36 heavy (non-hydrogen) atoms. The molecule has 0 bridgehead atoms. The number of aryl methyl sites for hydroxylation is 1. The van der Waals surface area contributed by atoms with Gasteiger partial charge in [-0.15, -0.1) is 0 Å². The van der Waals surface area contributed by atoms with E-state index in [9.17, 15) is 14.4 Å². The molecule has 0 fully saturated rings. The Kier molecular flexibility index (Phi) is 10.3. The second-order valence-electron chi connectivity index (χ2n) is 9.35. The minimum absolute atomic E-state index is 0.00394. The fraction of sp³-hybridized carbons (Fsp3) is 0.433. The normalized spacial score (nSPS) is 14.6. The van der Waals surface area contributed by atoms with Crippen LogP contribution < -0.4 is 10.2 Å². The zero-order valence-corrected chi connectivity index (χ0v) is 21.5. The van der Waals surface area contributed by atoms with Crippen molar-refractivity contribution in [1.29, 1.82) is 0 Å². The van der Waals surface area contributed by atoms with E-state index in [1.165, 1.54) is 5.56 Å². The van der Waals surface area contributed by atoms with Crippen molar-refractivity contribution < 1.29 is 19.5 Å². The van der Waals surface area contributed by atoms with Crippen LogP contribution in [0.3, 0.4) is 0 Å². The first kappa shape index (κ1) is 27.2. The monoisotopic (exact) mass is 490 g/mol. The number of amides is 1. The molecule has 1 aliphatic rings. The van der Waals surface area contributed by atoms with Crippen LogP contribution in [0.2, 0.25) is 0 Å². The van der Waals surface area contributed by atoms with E-state index in [0.717, 1.165) is 62.0 Å². The molecule has 0 radical (unpaired) electrons. The highest BCUT2D eigenvalue weighted by Crippen LogP contribution is 2.32. The van der Waals surface area contributed by atoms with Crippen LogP contribution in [0, 0.1) is 0 Å². The van der Waals surface area contributed by atoms with E-state index in [2.05, 4.69) is 36.2 Å². The molecule has 6 heteroatoms. The van der Waals surface area contributed by atoms with Crippen LogP contribution in [-0.4, -0.2) is 35.9 Å². The number of anilines is 1. The minimum atomic E-state index is -0.766. The van der Waals surface area contributed by atoms with Gasteiger partial charge in [-0.25, -0.2) is 0 Å². The summed E-state index contributed by atoms with van der Waals surface area (Å²) in [6, 6.07) is 13.9. The number of carbonyl (C=O) groups excluding carboxylic acids is 2. The molecule has 2 aromatic carbocycles. The summed E-state index contributed by atoms with van der Waals surface area (Å²) < 4.78 is 0. The molecule has 192 valence electrons. The summed E-state index contributed by atoms with van der Waals surface area (Å²) in [5.41, 5.74) is 5.14. The van der Waals surface area contributed by atoms with Gasteiger partial charge in [0.2, 0.25) is 0 Å². The fourth-order valence-corrected chi connectivity index (χ4v) is 4.75. The van der Waals surface area contributed by atoms with Gasteiger partial charge >= 0.3 is 5.97 Å². The molecule has 1 atom stereocenters. The molecular weight excluding hydrogens is 452 g/mol. The van der Waals surface area contributed by atoms with Gasteiger partial charge in [0.1, 0.15) is 0 Å². The number of fused-ring (bicyclic) bond motifs is 1. The predicted octanol–water partition coefficient (Wildman–Crippen LogP) is 5.96. The minimum Gasteiger partial charge on any atom is -0.481 e. The van der Waals surface area contributed by atoms with Gasteiger partial charge in [-0.1, -0.05) is 37.1 Å². The van der Waals surface area contributed by atoms with Crippen LogP contribution in [0.4, 0.5) is 5.69 Å². The zero-order valence-electron chi connectivity index (χ0n) is 21.5. The summed E-state index contributed by atoms with van der Waals surface area (Å²) in [5, 5.41) is 11.8. The molecule has 2 N–H and O–H groups in total. The lowest BCUT2D eigenvalue weighted by molar-refractivity contribution is -0.137. The van der Waals surface area contributed by atoms with Crippen molar-refractivity contribution in [1.82, 2.24) is 5.32 Å². The lowest BCUT2D eigenvalue weighted by Crippen LogP contribution is -2.27. The molecule has 6 nitrogen and oxygen atoms in total. The van der Waals surface area contributed by atoms with Gasteiger partial charge < -0.3 is 15.3 Å². The summed E-state index contributed by atoms with van der Waals surface area (Å²) in [7, 11) is 0. The van der Waals surface area contributed by atoms with Crippen molar-refractivity contribution in [3.05, 3.63) is 70.8 Å². The molecule has 3 rings (SSSR count). The van der Waals surface area contributed by atoms with Crippen LogP contribution in [0.25, 0.3) is 6.08 Å². The summed E-state index contributed by atoms with van der Waals surface area (Å²) in [5.74, 6) is -0.736. The highest BCUT2D eigenvalue weighted by Gasteiger charge is 2.24. The van der Waals surface area contributed by atoms with Gasteiger partial charge in [0, 0.05) is 37.2 Å². The standard InChI is InChI=1S/C30H38N2O4/c1-3-32(4-2)25-16-13-23(14-17-25)30(36)31-28-20-15-24-21-22(12-19-27(24)28)11-18-26(33)9-7-5-6-8-10-29(34)35/h11-14,16-19,21,28H,3-10,15,20H2,1-2H3,(H,31,36)(H,34,35)/b18-11+. The van der Waals surface area contributed by atoms with E-state index >= 15 is 0 Å². The Labute approximate surface area is 214 Å². The number of rotatable bonds is 14. The van der Waals surface area contributed by atoms with Crippen molar-refractivity contribution in [3.8, 4) is 0 Å². The van der Waals surface area contributed by atoms with Crippen molar-refractivity contribution in [2.75, 3.05) is 18.0 Å². The summed E-state index contributed by atoms with van der Waals surface area (Å²) >= 11 is 0. The molecule has 0 heterocycles. The van der Waals surface area contributed by atoms with Crippen LogP contribution >= 0.6 is 0 Å². The molecule has 0 aliphatic heterocycles. The second-order valence-corrected chi connectivity index (χ2v) is 9.35. The Balaban J connectivity index is 1.50. The highest BCUT2D eigenvalue weighted by atomic mass is 16.4. The molecule has 0 saturated carbocycles. The van der Waals surface area contributed by atoms with Crippen LogP contribution in [0.1, 0.15) is 91.9 Å². The van der Waals surface area contributed by atoms with Crippen molar-refractivity contribution in [2.45, 2.75) is 71.3 Å². The summed E-state index contributed by atoms with van der Waals surface area (Å²) in [4.78, 5) is 37.8. The van der Waals surface area contributed by atoms with Crippen LogP contribution in [0.5, 0.6) is 0 Å². The largest absolute Gasteiger partial charge is 0.481 e. The van der Waals surface area contributed by atoms with Gasteiger partial charge in [-0.2, -0.15) is 0 Å². The number of carboxylic acids is 1. The molecule has 2 aromatic rings. The lowest BCUT2D eigenvalue weighted by atomic mass is 10.0. The van der Waals surface area contributed by atoms with E-state index < -0.39 is 5.97 Å². The summed E-state index contributed by atoms with van der Waals surface area (Å²) in [6.45, 7) is 6.11. The maximum absolute atomic E-state index is 12.8. The van der Waals surface area contributed by atoms with Crippen LogP contribution in [-0.2, 0) is 16.0 Å². The zero-order chi connectivity index (χ0) is 25.9. The molecule has 0 spiro atoms. The molecule has 1 aliphatic carbocycles. The summed E-state index contributed by atoms with van der Waals surface area (Å²) in [6.07, 6.45) is 9.10. The average molecular weight is 491 g/mol. The fourth-order valence-electron chi connectivity index (χ4n) is 4.75. The Morgan fingerprint density at radius 2 is 1.67 bits per heavy atom. The highest BCUT2D eigenvalue weighted by molar-refractivity contribution is 5.95. The maximum Gasteiger partial charge on any atom is 0.303 e. The first-order valence-corrected chi connectivity index (χ1v) is 13.1. The number of nitrogens with zero attached hydrogens (tertiary/aromatic N) is 1. The van der Waals surface area contributed by atoms with E-state index in [1.54, 1.807) is 6.08 Å². The Morgan fingerprint density at radius 3 is 2.33 bits per heavy atom. The molecule has 0 saturated heterocycles. The first-order valence-electron chi connectivity index (χ1n) is 13.1. The van der Waals surface area contributed by atoms with Gasteiger partial charge in [0.05, 0.1) is 6.04 Å². The third-order valence-corrected chi connectivity index (χ3v) is 6.83. The van der Waals surface area contributed by atoms with Crippen molar-refractivity contribution >= 4 is 29.4 Å². The average Bonchev–Trinajstić information content (AvgIpc) is 3.27. The number of nitrogens with one attached hydrogen (secondary N) is 1. The first-order chi connectivity index (χ1) is 17.4.